The molecule has 0 bridgehead atoms. The zero-order valence-electron chi connectivity index (χ0n) is 15.1. The molecule has 27 heavy (non-hydrogen) atoms. The van der Waals surface area contributed by atoms with Crippen LogP contribution in [0.1, 0.15) is 12.0 Å². The van der Waals surface area contributed by atoms with Gasteiger partial charge in [-0.25, -0.2) is 13.2 Å². The lowest BCUT2D eigenvalue weighted by Gasteiger charge is -2.28. The minimum Gasteiger partial charge on any atom is -0.378 e. The first-order chi connectivity index (χ1) is 12.9. The Kier molecular flexibility index (Phi) is 4.79. The maximum absolute atomic E-state index is 13.2. The molecule has 1 atom stereocenters. The van der Waals surface area contributed by atoms with Gasteiger partial charge in [0, 0.05) is 37.6 Å². The first-order valence-corrected chi connectivity index (χ1v) is 10.5. The molecule has 2 saturated heterocycles. The number of carbonyl (C=O) groups is 1. The van der Waals surface area contributed by atoms with Gasteiger partial charge >= 0.3 is 6.03 Å². The molecule has 3 heterocycles. The monoisotopic (exact) mass is 393 g/mol. The number of ether oxygens (including phenoxy) is 1. The molecule has 1 unspecified atom stereocenters. The fourth-order valence-corrected chi connectivity index (χ4v) is 5.36. The highest BCUT2D eigenvalue weighted by Gasteiger charge is 2.35. The van der Waals surface area contributed by atoms with E-state index in [1.54, 1.807) is 17.2 Å². The van der Waals surface area contributed by atoms with Gasteiger partial charge < -0.3 is 15.0 Å². The lowest BCUT2D eigenvalue weighted by molar-refractivity contribution is 0.0526. The van der Waals surface area contributed by atoms with Crippen molar-refractivity contribution >= 4 is 27.0 Å². The van der Waals surface area contributed by atoms with Crippen molar-refractivity contribution in [1.29, 1.82) is 0 Å². The average Bonchev–Trinajstić information content (AvgIpc) is 3.31. The molecular weight excluding hydrogens is 370 g/mol. The van der Waals surface area contributed by atoms with Gasteiger partial charge in [-0.15, -0.1) is 0 Å². The number of hydrogen-bond donors (Lipinski definition) is 2. The van der Waals surface area contributed by atoms with Crippen molar-refractivity contribution < 1.29 is 17.9 Å². The number of rotatable bonds is 3. The number of hydrogen-bond acceptors (Lipinski definition) is 5. The van der Waals surface area contributed by atoms with Gasteiger partial charge in [0.2, 0.25) is 10.0 Å². The van der Waals surface area contributed by atoms with E-state index in [2.05, 4.69) is 15.5 Å². The second-order valence-corrected chi connectivity index (χ2v) is 8.90. The van der Waals surface area contributed by atoms with Crippen LogP contribution >= 0.6 is 0 Å². The van der Waals surface area contributed by atoms with Gasteiger partial charge in [-0.1, -0.05) is 0 Å². The highest BCUT2D eigenvalue weighted by atomic mass is 32.2. The van der Waals surface area contributed by atoms with E-state index in [1.807, 2.05) is 13.0 Å². The number of sulfonamides is 1. The lowest BCUT2D eigenvalue weighted by Crippen LogP contribution is -2.49. The normalized spacial score (nSPS) is 21.7. The van der Waals surface area contributed by atoms with Crippen molar-refractivity contribution in [3.8, 4) is 0 Å². The zero-order valence-corrected chi connectivity index (χ0v) is 16.0. The molecule has 9 nitrogen and oxygen atoms in total. The van der Waals surface area contributed by atoms with Crippen LogP contribution < -0.4 is 5.32 Å². The van der Waals surface area contributed by atoms with Gasteiger partial charge in [-0.3, -0.25) is 5.10 Å². The highest BCUT2D eigenvalue weighted by molar-refractivity contribution is 7.89. The third-order valence-electron chi connectivity index (χ3n) is 5.05. The summed E-state index contributed by atoms with van der Waals surface area (Å²) in [6.07, 6.45) is 2.21. The van der Waals surface area contributed by atoms with Crippen LogP contribution in [0.4, 0.5) is 4.79 Å². The van der Waals surface area contributed by atoms with Crippen molar-refractivity contribution in [3.05, 3.63) is 23.9 Å². The molecule has 0 radical (unpaired) electrons. The van der Waals surface area contributed by atoms with E-state index < -0.39 is 10.0 Å². The predicted octanol–water partition coefficient (Wildman–Crippen LogP) is 0.676. The van der Waals surface area contributed by atoms with Crippen LogP contribution in [0, 0.1) is 6.92 Å². The van der Waals surface area contributed by atoms with E-state index in [-0.39, 0.29) is 23.5 Å². The van der Waals surface area contributed by atoms with Crippen LogP contribution in [-0.4, -0.2) is 79.3 Å². The molecule has 10 heteroatoms. The Hall–Kier alpha value is -2.17. The number of benzene rings is 1. The van der Waals surface area contributed by atoms with Crippen LogP contribution in [0.25, 0.3) is 10.9 Å². The topological polar surface area (TPSA) is 108 Å². The van der Waals surface area contributed by atoms with Crippen LogP contribution in [0.5, 0.6) is 0 Å². The molecule has 1 aromatic heterocycles. The number of amides is 2. The van der Waals surface area contributed by atoms with Crippen LogP contribution in [-0.2, 0) is 14.8 Å². The number of urea groups is 1. The third kappa shape index (κ3) is 3.52. The molecule has 0 aliphatic carbocycles. The second kappa shape index (κ2) is 7.10. The number of H-pyrrole nitrogens is 1. The Balaban J connectivity index is 1.49. The summed E-state index contributed by atoms with van der Waals surface area (Å²) >= 11 is 0. The highest BCUT2D eigenvalue weighted by Crippen LogP contribution is 2.28. The molecule has 0 saturated carbocycles. The summed E-state index contributed by atoms with van der Waals surface area (Å²) in [5, 5.41) is 10.5. The Morgan fingerprint density at radius 2 is 2.07 bits per heavy atom. The van der Waals surface area contributed by atoms with Crippen molar-refractivity contribution in [2.24, 2.45) is 0 Å². The van der Waals surface area contributed by atoms with Gasteiger partial charge in [0.1, 0.15) is 4.90 Å². The summed E-state index contributed by atoms with van der Waals surface area (Å²) in [7, 11) is -3.67. The SMILES string of the molecule is Cc1cc(S(=O)(=O)N2CCC(NC(=O)N3CCOCC3)C2)c2[nH]ncc2c1. The number of fused-ring (bicyclic) bond motifs is 1. The van der Waals surface area contributed by atoms with E-state index in [1.165, 1.54) is 4.31 Å². The van der Waals surface area contributed by atoms with Crippen LogP contribution in [0.2, 0.25) is 0 Å². The quantitative estimate of drug-likeness (QED) is 0.797. The maximum Gasteiger partial charge on any atom is 0.317 e. The molecule has 2 fully saturated rings. The van der Waals surface area contributed by atoms with Crippen molar-refractivity contribution in [2.45, 2.75) is 24.3 Å². The largest absolute Gasteiger partial charge is 0.378 e. The molecule has 0 spiro atoms. The molecular formula is C17H23N5O4S. The van der Waals surface area contributed by atoms with Crippen LogP contribution in [0.15, 0.2) is 23.2 Å². The van der Waals surface area contributed by atoms with E-state index in [9.17, 15) is 13.2 Å². The summed E-state index contributed by atoms with van der Waals surface area (Å²) in [4.78, 5) is 14.3. The number of morpholine rings is 1. The zero-order chi connectivity index (χ0) is 19.0. The summed E-state index contributed by atoms with van der Waals surface area (Å²) in [5.74, 6) is 0. The van der Waals surface area contributed by atoms with E-state index in [4.69, 9.17) is 4.74 Å². The predicted molar refractivity (Wildman–Crippen MR) is 98.9 cm³/mol. The number of carbonyl (C=O) groups excluding carboxylic acids is 1. The first-order valence-electron chi connectivity index (χ1n) is 9.02. The Labute approximate surface area is 157 Å². The number of aryl methyl sites for hydroxylation is 1. The molecule has 4 rings (SSSR count). The Morgan fingerprint density at radius 3 is 2.85 bits per heavy atom. The third-order valence-corrected chi connectivity index (χ3v) is 6.94. The molecule has 146 valence electrons. The number of aromatic amines is 1. The number of nitrogens with one attached hydrogen (secondary N) is 2. The smallest absolute Gasteiger partial charge is 0.317 e. The summed E-state index contributed by atoms with van der Waals surface area (Å²) in [5.41, 5.74) is 1.38. The van der Waals surface area contributed by atoms with Gasteiger partial charge in [-0.05, 0) is 31.0 Å². The molecule has 2 aromatic rings. The summed E-state index contributed by atoms with van der Waals surface area (Å²) in [6.45, 7) is 4.68. The van der Waals surface area contributed by atoms with E-state index in [0.29, 0.717) is 44.8 Å². The molecule has 2 aliphatic heterocycles. The Morgan fingerprint density at radius 1 is 1.30 bits per heavy atom. The second-order valence-electron chi connectivity index (χ2n) is 6.99. The molecule has 2 N–H and O–H groups in total. The van der Waals surface area contributed by atoms with Gasteiger partial charge in [-0.2, -0.15) is 9.40 Å². The fraction of sp³-hybridized carbons (Fsp3) is 0.529. The Bertz CT molecular complexity index is 951. The van der Waals surface area contributed by atoms with Crippen molar-refractivity contribution in [2.75, 3.05) is 39.4 Å². The van der Waals surface area contributed by atoms with E-state index >= 15 is 0 Å². The standard InChI is InChI=1S/C17H23N5O4S/c1-12-8-13-10-18-20-16(13)15(9-12)27(24,25)22-3-2-14(11-22)19-17(23)21-4-6-26-7-5-21/h8-10,14H,2-7,11H2,1H3,(H,18,20)(H,19,23). The van der Waals surface area contributed by atoms with Gasteiger partial charge in [0.15, 0.2) is 0 Å². The number of aromatic nitrogens is 2. The number of nitrogens with zero attached hydrogens (tertiary/aromatic N) is 3. The molecule has 2 aliphatic rings. The van der Waals surface area contributed by atoms with Crippen molar-refractivity contribution in [1.82, 2.24) is 24.7 Å². The minimum absolute atomic E-state index is 0.158. The summed E-state index contributed by atoms with van der Waals surface area (Å²) in [6, 6.07) is 3.20. The van der Waals surface area contributed by atoms with E-state index in [0.717, 1.165) is 10.9 Å². The average molecular weight is 393 g/mol. The maximum atomic E-state index is 13.2. The summed E-state index contributed by atoms with van der Waals surface area (Å²) < 4.78 is 33.0. The first kappa shape index (κ1) is 18.2. The minimum atomic E-state index is -3.67. The van der Waals surface area contributed by atoms with Gasteiger partial charge in [0.05, 0.1) is 24.9 Å². The van der Waals surface area contributed by atoms with Crippen molar-refractivity contribution in [3.63, 3.8) is 0 Å². The molecule has 2 amide bonds. The molecule has 1 aromatic carbocycles. The fourth-order valence-electron chi connectivity index (χ4n) is 3.61. The van der Waals surface area contributed by atoms with Crippen LogP contribution in [0.3, 0.4) is 0 Å². The van der Waals surface area contributed by atoms with Gasteiger partial charge in [0.25, 0.3) is 0 Å². The lowest BCUT2D eigenvalue weighted by atomic mass is 10.2.